The highest BCUT2D eigenvalue weighted by atomic mass is 32.2. The zero-order valence-electron chi connectivity index (χ0n) is 11.4. The lowest BCUT2D eigenvalue weighted by molar-refractivity contribution is 0.226. The number of hydrogen-bond donors (Lipinski definition) is 1. The van der Waals surface area contributed by atoms with Gasteiger partial charge in [0, 0.05) is 19.3 Å². The molecule has 0 aromatic carbocycles. The Morgan fingerprint density at radius 2 is 2.00 bits per heavy atom. The number of aromatic nitrogens is 1. The van der Waals surface area contributed by atoms with Crippen LogP contribution in [0.25, 0.3) is 0 Å². The maximum atomic E-state index is 12.5. The first kappa shape index (κ1) is 14.3. The van der Waals surface area contributed by atoms with Crippen LogP contribution in [0, 0.1) is 11.8 Å². The van der Waals surface area contributed by atoms with Gasteiger partial charge in [0.15, 0.2) is 5.03 Å². The lowest BCUT2D eigenvalue weighted by atomic mass is 9.87. The largest absolute Gasteiger partial charge is 0.396 e. The SMILES string of the molecule is CC(C)C1CCN(S(=O)(=O)c2ncccc2N)CC1. The second kappa shape index (κ2) is 5.46. The molecule has 1 aliphatic rings. The average molecular weight is 283 g/mol. The molecule has 0 radical (unpaired) electrons. The summed E-state index contributed by atoms with van der Waals surface area (Å²) < 4.78 is 26.4. The minimum Gasteiger partial charge on any atom is -0.396 e. The number of rotatable bonds is 3. The Bertz CT molecular complexity index is 535. The molecule has 0 unspecified atom stereocenters. The van der Waals surface area contributed by atoms with E-state index < -0.39 is 10.0 Å². The molecule has 1 aliphatic heterocycles. The van der Waals surface area contributed by atoms with E-state index in [0.29, 0.717) is 24.9 Å². The van der Waals surface area contributed by atoms with Gasteiger partial charge in [0.2, 0.25) is 0 Å². The predicted molar refractivity (Wildman–Crippen MR) is 75.0 cm³/mol. The van der Waals surface area contributed by atoms with Crippen LogP contribution >= 0.6 is 0 Å². The summed E-state index contributed by atoms with van der Waals surface area (Å²) in [6.45, 7) is 5.49. The molecule has 106 valence electrons. The lowest BCUT2D eigenvalue weighted by Crippen LogP contribution is -2.40. The van der Waals surface area contributed by atoms with Gasteiger partial charge in [-0.2, -0.15) is 4.31 Å². The van der Waals surface area contributed by atoms with Crippen LogP contribution < -0.4 is 5.73 Å². The first-order valence-corrected chi connectivity index (χ1v) is 8.07. The molecule has 5 nitrogen and oxygen atoms in total. The molecule has 0 spiro atoms. The first-order chi connectivity index (χ1) is 8.93. The number of nitrogen functional groups attached to an aromatic ring is 1. The van der Waals surface area contributed by atoms with Crippen LogP contribution in [-0.4, -0.2) is 30.8 Å². The Kier molecular flexibility index (Phi) is 4.10. The van der Waals surface area contributed by atoms with Crippen molar-refractivity contribution in [3.8, 4) is 0 Å². The Labute approximate surface area is 114 Å². The number of nitrogens with zero attached hydrogens (tertiary/aromatic N) is 2. The van der Waals surface area contributed by atoms with Gasteiger partial charge >= 0.3 is 0 Å². The second-order valence-electron chi connectivity index (χ2n) is 5.38. The first-order valence-electron chi connectivity index (χ1n) is 6.63. The highest BCUT2D eigenvalue weighted by Crippen LogP contribution is 2.28. The average Bonchev–Trinajstić information content (AvgIpc) is 2.39. The standard InChI is InChI=1S/C13H21N3O2S/c1-10(2)11-5-8-16(9-6-11)19(17,18)13-12(14)4-3-7-15-13/h3-4,7,10-11H,5-6,8-9,14H2,1-2H3. The summed E-state index contributed by atoms with van der Waals surface area (Å²) in [6, 6.07) is 3.21. The predicted octanol–water partition coefficient (Wildman–Crippen LogP) is 1.72. The van der Waals surface area contributed by atoms with Gasteiger partial charge in [-0.15, -0.1) is 0 Å². The van der Waals surface area contributed by atoms with Gasteiger partial charge in [-0.1, -0.05) is 13.8 Å². The summed E-state index contributed by atoms with van der Waals surface area (Å²) >= 11 is 0. The van der Waals surface area contributed by atoms with E-state index in [-0.39, 0.29) is 10.7 Å². The molecule has 1 fully saturated rings. The van der Waals surface area contributed by atoms with Crippen molar-refractivity contribution in [1.82, 2.24) is 9.29 Å². The third-order valence-electron chi connectivity index (χ3n) is 3.83. The van der Waals surface area contributed by atoms with E-state index in [1.165, 1.54) is 10.5 Å². The van der Waals surface area contributed by atoms with Gasteiger partial charge in [-0.25, -0.2) is 13.4 Å². The van der Waals surface area contributed by atoms with Gasteiger partial charge in [0.25, 0.3) is 10.0 Å². The Hall–Kier alpha value is -1.14. The van der Waals surface area contributed by atoms with Crippen LogP contribution in [0.15, 0.2) is 23.4 Å². The topological polar surface area (TPSA) is 76.3 Å². The number of hydrogen-bond acceptors (Lipinski definition) is 4. The fraction of sp³-hybridized carbons (Fsp3) is 0.615. The van der Waals surface area contributed by atoms with Crippen molar-refractivity contribution in [1.29, 1.82) is 0 Å². The number of pyridine rings is 1. The number of piperidine rings is 1. The smallest absolute Gasteiger partial charge is 0.262 e. The van der Waals surface area contributed by atoms with Crippen molar-refractivity contribution < 1.29 is 8.42 Å². The fourth-order valence-electron chi connectivity index (χ4n) is 2.52. The molecule has 0 amide bonds. The van der Waals surface area contributed by atoms with Crippen LogP contribution in [-0.2, 0) is 10.0 Å². The normalized spacial score (nSPS) is 18.9. The fourth-order valence-corrected chi connectivity index (χ4v) is 4.02. The van der Waals surface area contributed by atoms with Gasteiger partial charge in [-0.3, -0.25) is 0 Å². The van der Waals surface area contributed by atoms with Crippen LogP contribution in [0.4, 0.5) is 5.69 Å². The molecule has 2 rings (SSSR count). The molecule has 0 aliphatic carbocycles. The number of sulfonamides is 1. The van der Waals surface area contributed by atoms with Gasteiger partial charge < -0.3 is 5.73 Å². The monoisotopic (exact) mass is 283 g/mol. The number of nitrogens with two attached hydrogens (primary N) is 1. The summed E-state index contributed by atoms with van der Waals surface area (Å²) in [5.41, 5.74) is 5.94. The summed E-state index contributed by atoms with van der Waals surface area (Å²) in [4.78, 5) is 3.92. The van der Waals surface area contributed by atoms with E-state index >= 15 is 0 Å². The number of anilines is 1. The second-order valence-corrected chi connectivity index (χ2v) is 7.24. The van der Waals surface area contributed by atoms with Gasteiger partial charge in [0.1, 0.15) is 0 Å². The van der Waals surface area contributed by atoms with Gasteiger partial charge in [0.05, 0.1) is 5.69 Å². The van der Waals surface area contributed by atoms with Crippen molar-refractivity contribution in [2.24, 2.45) is 11.8 Å². The van der Waals surface area contributed by atoms with E-state index in [4.69, 9.17) is 5.73 Å². The molecule has 19 heavy (non-hydrogen) atoms. The van der Waals surface area contributed by atoms with Crippen molar-refractivity contribution in [3.05, 3.63) is 18.3 Å². The summed E-state index contributed by atoms with van der Waals surface area (Å²) in [5.74, 6) is 1.21. The van der Waals surface area contributed by atoms with Crippen LogP contribution in [0.5, 0.6) is 0 Å². The van der Waals surface area contributed by atoms with Crippen molar-refractivity contribution in [2.45, 2.75) is 31.7 Å². The quantitative estimate of drug-likeness (QED) is 0.916. The molecule has 1 saturated heterocycles. The van der Waals surface area contributed by atoms with Crippen LogP contribution in [0.3, 0.4) is 0 Å². The van der Waals surface area contributed by atoms with Crippen LogP contribution in [0.1, 0.15) is 26.7 Å². The molecule has 6 heteroatoms. The molecule has 2 heterocycles. The van der Waals surface area contributed by atoms with E-state index in [1.807, 2.05) is 0 Å². The minimum absolute atomic E-state index is 0.0157. The highest BCUT2D eigenvalue weighted by Gasteiger charge is 2.32. The summed E-state index contributed by atoms with van der Waals surface area (Å²) in [6.07, 6.45) is 3.28. The molecule has 1 aromatic heterocycles. The van der Waals surface area contributed by atoms with E-state index in [0.717, 1.165) is 12.8 Å². The van der Waals surface area contributed by atoms with E-state index in [1.54, 1.807) is 12.1 Å². The third-order valence-corrected chi connectivity index (χ3v) is 5.70. The maximum absolute atomic E-state index is 12.5. The third kappa shape index (κ3) is 2.90. The van der Waals surface area contributed by atoms with Crippen molar-refractivity contribution in [2.75, 3.05) is 18.8 Å². The van der Waals surface area contributed by atoms with E-state index in [9.17, 15) is 8.42 Å². The zero-order chi connectivity index (χ0) is 14.0. The summed E-state index contributed by atoms with van der Waals surface area (Å²) in [7, 11) is -3.54. The molecule has 0 saturated carbocycles. The Morgan fingerprint density at radius 3 is 2.53 bits per heavy atom. The lowest BCUT2D eigenvalue weighted by Gasteiger charge is -2.32. The molecule has 2 N–H and O–H groups in total. The molecular weight excluding hydrogens is 262 g/mol. The van der Waals surface area contributed by atoms with Gasteiger partial charge in [-0.05, 0) is 36.8 Å². The molecule has 0 atom stereocenters. The van der Waals surface area contributed by atoms with Crippen molar-refractivity contribution >= 4 is 15.7 Å². The minimum atomic E-state index is -3.54. The molecular formula is C13H21N3O2S. The van der Waals surface area contributed by atoms with Crippen molar-refractivity contribution in [3.63, 3.8) is 0 Å². The highest BCUT2D eigenvalue weighted by molar-refractivity contribution is 7.89. The molecule has 0 bridgehead atoms. The Balaban J connectivity index is 2.17. The van der Waals surface area contributed by atoms with Crippen LogP contribution in [0.2, 0.25) is 0 Å². The van der Waals surface area contributed by atoms with E-state index in [2.05, 4.69) is 18.8 Å². The Morgan fingerprint density at radius 1 is 1.37 bits per heavy atom. The zero-order valence-corrected chi connectivity index (χ0v) is 12.2. The summed E-state index contributed by atoms with van der Waals surface area (Å²) in [5, 5.41) is -0.0157. The maximum Gasteiger partial charge on any atom is 0.262 e. The molecule has 1 aromatic rings.